The standard InChI is InChI=1S/C7H16N3/c1-9(7-5-6-8)10(2,3)4/h5,7H2,1-4H3/q+1. The molecule has 10 heavy (non-hydrogen) atoms. The molecule has 3 heteroatoms. The predicted molar refractivity (Wildman–Crippen MR) is 40.9 cm³/mol. The van der Waals surface area contributed by atoms with Crippen LogP contribution in [0.4, 0.5) is 0 Å². The molecule has 0 bridgehead atoms. The van der Waals surface area contributed by atoms with Crippen LogP contribution in [-0.2, 0) is 0 Å². The number of nitrogens with zero attached hydrogens (tertiary/aromatic N) is 3. The van der Waals surface area contributed by atoms with E-state index in [1.165, 1.54) is 0 Å². The molecule has 0 unspecified atom stereocenters. The molecule has 0 aliphatic rings. The van der Waals surface area contributed by atoms with Crippen LogP contribution in [0.15, 0.2) is 0 Å². The zero-order valence-corrected chi connectivity index (χ0v) is 7.26. The third kappa shape index (κ3) is 3.44. The molecule has 0 radical (unpaired) electrons. The van der Waals surface area contributed by atoms with Crippen LogP contribution in [-0.4, -0.2) is 44.3 Å². The first kappa shape index (κ1) is 9.41. The maximum Gasteiger partial charge on any atom is 0.0855 e. The normalized spacial score (nSPS) is 11.6. The van der Waals surface area contributed by atoms with E-state index in [0.717, 1.165) is 11.1 Å². The molecule has 0 spiro atoms. The fourth-order valence-corrected chi connectivity index (χ4v) is 0.512. The van der Waals surface area contributed by atoms with Crippen LogP contribution < -0.4 is 0 Å². The number of hydrogen-bond donors (Lipinski definition) is 0. The van der Waals surface area contributed by atoms with Gasteiger partial charge in [-0.25, -0.2) is 0 Å². The van der Waals surface area contributed by atoms with E-state index in [2.05, 4.69) is 32.2 Å². The van der Waals surface area contributed by atoms with Crippen molar-refractivity contribution >= 4 is 0 Å². The molecule has 0 atom stereocenters. The van der Waals surface area contributed by atoms with Crippen molar-refractivity contribution in [2.75, 3.05) is 34.7 Å². The van der Waals surface area contributed by atoms with Crippen molar-refractivity contribution in [3.05, 3.63) is 0 Å². The smallest absolute Gasteiger partial charge is 0.0855 e. The van der Waals surface area contributed by atoms with Crippen LogP contribution in [0.3, 0.4) is 0 Å². The Hall–Kier alpha value is -0.590. The van der Waals surface area contributed by atoms with Gasteiger partial charge in [-0.1, -0.05) is 0 Å². The quantitative estimate of drug-likeness (QED) is 0.422. The monoisotopic (exact) mass is 142 g/mol. The molecule has 0 aromatic rings. The highest BCUT2D eigenvalue weighted by molar-refractivity contribution is 4.68. The second kappa shape index (κ2) is 3.55. The van der Waals surface area contributed by atoms with Gasteiger partial charge in [0, 0.05) is 7.05 Å². The van der Waals surface area contributed by atoms with Crippen LogP contribution in [0.2, 0.25) is 0 Å². The van der Waals surface area contributed by atoms with Gasteiger partial charge in [0.1, 0.15) is 0 Å². The van der Waals surface area contributed by atoms with Crippen molar-refractivity contribution in [1.82, 2.24) is 5.01 Å². The highest BCUT2D eigenvalue weighted by atomic mass is 15.7. The Kier molecular flexibility index (Phi) is 3.34. The van der Waals surface area contributed by atoms with Gasteiger partial charge in [-0.3, -0.25) is 4.59 Å². The molecule has 0 aliphatic heterocycles. The van der Waals surface area contributed by atoms with Gasteiger partial charge in [0.2, 0.25) is 0 Å². The van der Waals surface area contributed by atoms with Crippen LogP contribution in [0.5, 0.6) is 0 Å². The van der Waals surface area contributed by atoms with Crippen LogP contribution in [0, 0.1) is 11.3 Å². The van der Waals surface area contributed by atoms with Crippen molar-refractivity contribution in [1.29, 1.82) is 5.26 Å². The van der Waals surface area contributed by atoms with E-state index in [1.807, 2.05) is 7.05 Å². The number of hydrogen-bond acceptors (Lipinski definition) is 2. The molecule has 58 valence electrons. The van der Waals surface area contributed by atoms with Gasteiger partial charge in [-0.15, -0.1) is 0 Å². The Labute approximate surface area is 63.0 Å². The Morgan fingerprint density at radius 1 is 1.40 bits per heavy atom. The van der Waals surface area contributed by atoms with E-state index in [9.17, 15) is 0 Å². The van der Waals surface area contributed by atoms with E-state index in [1.54, 1.807) is 0 Å². The number of quaternary nitrogens is 1. The first-order valence-electron chi connectivity index (χ1n) is 3.38. The molecule has 0 saturated carbocycles. The van der Waals surface area contributed by atoms with E-state index in [0.29, 0.717) is 6.42 Å². The molecule has 0 fully saturated rings. The van der Waals surface area contributed by atoms with Gasteiger partial charge in [0.25, 0.3) is 0 Å². The molecule has 3 nitrogen and oxygen atoms in total. The maximum atomic E-state index is 8.30. The largest absolute Gasteiger partial charge is 0.251 e. The Morgan fingerprint density at radius 3 is 2.20 bits per heavy atom. The van der Waals surface area contributed by atoms with Crippen molar-refractivity contribution < 1.29 is 4.59 Å². The summed E-state index contributed by atoms with van der Waals surface area (Å²) >= 11 is 0. The topological polar surface area (TPSA) is 27.0 Å². The molecule has 0 aromatic carbocycles. The third-order valence-electron chi connectivity index (χ3n) is 1.57. The molecule has 0 amide bonds. The van der Waals surface area contributed by atoms with E-state index >= 15 is 0 Å². The first-order chi connectivity index (χ1) is 4.48. The second-order valence-electron chi connectivity index (χ2n) is 3.23. The molecule has 0 aromatic heterocycles. The van der Waals surface area contributed by atoms with E-state index in [4.69, 9.17) is 5.26 Å². The van der Waals surface area contributed by atoms with Crippen LogP contribution in [0.1, 0.15) is 6.42 Å². The highest BCUT2D eigenvalue weighted by Gasteiger charge is 2.13. The summed E-state index contributed by atoms with van der Waals surface area (Å²) in [6, 6.07) is 2.12. The molecule has 0 aliphatic carbocycles. The lowest BCUT2D eigenvalue weighted by molar-refractivity contribution is -0.983. The Bertz CT molecular complexity index is 129. The van der Waals surface area contributed by atoms with Crippen molar-refractivity contribution in [2.45, 2.75) is 6.42 Å². The minimum absolute atomic E-state index is 0.603. The van der Waals surface area contributed by atoms with Crippen LogP contribution in [0.25, 0.3) is 0 Å². The lowest BCUT2D eigenvalue weighted by Gasteiger charge is -2.32. The Balaban J connectivity index is 3.65. The summed E-state index contributed by atoms with van der Waals surface area (Å²) < 4.78 is 0.779. The summed E-state index contributed by atoms with van der Waals surface area (Å²) in [5, 5.41) is 10.4. The fourth-order valence-electron chi connectivity index (χ4n) is 0.512. The number of nitriles is 1. The van der Waals surface area contributed by atoms with Crippen molar-refractivity contribution in [3.8, 4) is 6.07 Å². The zero-order chi connectivity index (χ0) is 8.20. The van der Waals surface area contributed by atoms with Gasteiger partial charge in [-0.2, -0.15) is 10.3 Å². The third-order valence-corrected chi connectivity index (χ3v) is 1.57. The van der Waals surface area contributed by atoms with Gasteiger partial charge in [-0.05, 0) is 0 Å². The van der Waals surface area contributed by atoms with Gasteiger partial charge < -0.3 is 0 Å². The minimum Gasteiger partial charge on any atom is -0.251 e. The van der Waals surface area contributed by atoms with Gasteiger partial charge in [0.15, 0.2) is 0 Å². The Morgan fingerprint density at radius 2 is 1.90 bits per heavy atom. The first-order valence-corrected chi connectivity index (χ1v) is 3.38. The minimum atomic E-state index is 0.603. The molecule has 0 rings (SSSR count). The average Bonchev–Trinajstić information content (AvgIpc) is 1.80. The lowest BCUT2D eigenvalue weighted by atomic mass is 10.4. The summed E-state index contributed by atoms with van der Waals surface area (Å²) in [5.74, 6) is 0. The zero-order valence-electron chi connectivity index (χ0n) is 7.26. The molecular formula is C7H16N3+. The predicted octanol–water partition coefficient (Wildman–Crippen LogP) is 0.453. The summed E-state index contributed by atoms with van der Waals surface area (Å²) in [6.07, 6.45) is 0.603. The summed E-state index contributed by atoms with van der Waals surface area (Å²) in [6.45, 7) is 0.833. The van der Waals surface area contributed by atoms with E-state index < -0.39 is 0 Å². The summed E-state index contributed by atoms with van der Waals surface area (Å²) in [7, 11) is 8.25. The maximum absolute atomic E-state index is 8.30. The highest BCUT2D eigenvalue weighted by Crippen LogP contribution is 1.97. The summed E-state index contributed by atoms with van der Waals surface area (Å²) in [4.78, 5) is 0. The van der Waals surface area contributed by atoms with Crippen LogP contribution >= 0.6 is 0 Å². The van der Waals surface area contributed by atoms with Crippen molar-refractivity contribution in [3.63, 3.8) is 0 Å². The average molecular weight is 142 g/mol. The number of rotatable bonds is 3. The summed E-state index contributed by atoms with van der Waals surface area (Å²) in [5.41, 5.74) is 0. The van der Waals surface area contributed by atoms with Crippen molar-refractivity contribution in [2.24, 2.45) is 0 Å². The fraction of sp³-hybridized carbons (Fsp3) is 0.857. The molecule has 0 saturated heterocycles. The second-order valence-corrected chi connectivity index (χ2v) is 3.23. The van der Waals surface area contributed by atoms with E-state index in [-0.39, 0.29) is 0 Å². The van der Waals surface area contributed by atoms with Gasteiger partial charge >= 0.3 is 0 Å². The molecule has 0 N–H and O–H groups in total. The molecule has 0 heterocycles. The van der Waals surface area contributed by atoms with Gasteiger partial charge in [0.05, 0.1) is 40.2 Å². The molecular weight excluding hydrogens is 126 g/mol. The SMILES string of the molecule is CN(CCC#N)[N+](C)(C)C. The lowest BCUT2D eigenvalue weighted by Crippen LogP contribution is -2.49.